The molecule has 3 aromatic carbocycles. The maximum Gasteiger partial charge on any atom is 0.323 e. The van der Waals surface area contributed by atoms with Gasteiger partial charge in [-0.25, -0.2) is 4.98 Å². The van der Waals surface area contributed by atoms with Crippen molar-refractivity contribution in [2.45, 2.75) is 51.8 Å². The van der Waals surface area contributed by atoms with Crippen LogP contribution in [0.4, 0.5) is 0 Å². The summed E-state index contributed by atoms with van der Waals surface area (Å²) >= 11 is 6.63. The zero-order chi connectivity index (χ0) is 30.5. The number of nitrogens with one attached hydrogen (secondary N) is 2. The molecule has 0 aliphatic carbocycles. The third-order valence-corrected chi connectivity index (χ3v) is 8.05. The highest BCUT2D eigenvalue weighted by Crippen LogP contribution is 2.30. The Hall–Kier alpha value is -4.80. The molecule has 0 amide bonds. The number of rotatable bonds is 12. The Labute approximate surface area is 259 Å². The molecule has 4 N–H and O–H groups in total. The summed E-state index contributed by atoms with van der Waals surface area (Å²) in [5.74, 6) is 0.912. The number of carbonyl (C=O) groups excluding carboxylic acids is 1. The lowest BCUT2D eigenvalue weighted by Crippen LogP contribution is -2.34. The first-order valence-corrected chi connectivity index (χ1v) is 15.0. The molecule has 0 saturated carbocycles. The van der Waals surface area contributed by atoms with E-state index in [0.29, 0.717) is 29.6 Å². The monoisotopic (exact) mass is 608 g/mol. The van der Waals surface area contributed by atoms with Crippen molar-refractivity contribution in [1.82, 2.24) is 35.2 Å². The number of carbonyl (C=O) groups is 1. The number of halogens is 1. The van der Waals surface area contributed by atoms with Crippen molar-refractivity contribution >= 4 is 28.5 Å². The van der Waals surface area contributed by atoms with E-state index in [2.05, 4.69) is 66.3 Å². The molecule has 6 rings (SSSR count). The number of ether oxygens (including phenoxy) is 1. The summed E-state index contributed by atoms with van der Waals surface area (Å²) in [6.07, 6.45) is 5.00. The number of H-pyrrole nitrogens is 2. The van der Waals surface area contributed by atoms with E-state index < -0.39 is 12.0 Å². The average Bonchev–Trinajstić information content (AvgIpc) is 3.80. The second-order valence-electron chi connectivity index (χ2n) is 10.7. The maximum absolute atomic E-state index is 13.0. The molecule has 6 aromatic rings. The predicted octanol–water partition coefficient (Wildman–Crippen LogP) is 5.87. The molecule has 10 nitrogen and oxygen atoms in total. The Morgan fingerprint density at radius 3 is 2.59 bits per heavy atom. The van der Waals surface area contributed by atoms with Gasteiger partial charge in [-0.3, -0.25) is 4.79 Å². The lowest BCUT2D eigenvalue weighted by molar-refractivity contribution is -0.146. The highest BCUT2D eigenvalue weighted by Gasteiger charge is 2.22. The van der Waals surface area contributed by atoms with Crippen LogP contribution in [0, 0.1) is 0 Å². The fourth-order valence-corrected chi connectivity index (χ4v) is 5.65. The number of nitrogens with two attached hydrogens (primary N) is 1. The quantitative estimate of drug-likeness (QED) is 0.148. The van der Waals surface area contributed by atoms with E-state index >= 15 is 0 Å². The van der Waals surface area contributed by atoms with Crippen LogP contribution >= 0.6 is 11.6 Å². The Kier molecular flexibility index (Phi) is 8.81. The Morgan fingerprint density at radius 1 is 1.05 bits per heavy atom. The molecular weight excluding hydrogens is 576 g/mol. The number of aromatic amines is 2. The van der Waals surface area contributed by atoms with Gasteiger partial charge in [0.25, 0.3) is 0 Å². The minimum atomic E-state index is -0.813. The van der Waals surface area contributed by atoms with Crippen LogP contribution in [0.25, 0.3) is 33.4 Å². The summed E-state index contributed by atoms with van der Waals surface area (Å²) < 4.78 is 7.77. The van der Waals surface area contributed by atoms with Crippen LogP contribution in [0.15, 0.2) is 79.0 Å². The lowest BCUT2D eigenvalue weighted by atomic mass is 9.98. The minimum Gasteiger partial charge on any atom is -0.458 e. The number of para-hydroxylation sites is 1. The van der Waals surface area contributed by atoms with Crippen molar-refractivity contribution in [3.63, 3.8) is 0 Å². The molecule has 3 heterocycles. The molecule has 44 heavy (non-hydrogen) atoms. The van der Waals surface area contributed by atoms with Gasteiger partial charge in [-0.05, 0) is 40.0 Å². The van der Waals surface area contributed by atoms with E-state index in [1.54, 1.807) is 0 Å². The van der Waals surface area contributed by atoms with Crippen LogP contribution in [0.2, 0.25) is 5.15 Å². The van der Waals surface area contributed by atoms with Gasteiger partial charge >= 0.3 is 5.97 Å². The molecule has 0 radical (unpaired) electrons. The summed E-state index contributed by atoms with van der Waals surface area (Å²) in [6, 6.07) is 23.4. The molecule has 0 aliphatic rings. The van der Waals surface area contributed by atoms with E-state index in [-0.39, 0.29) is 6.61 Å². The first kappa shape index (κ1) is 29.3. The maximum atomic E-state index is 13.0. The van der Waals surface area contributed by atoms with Crippen molar-refractivity contribution in [1.29, 1.82) is 0 Å². The van der Waals surface area contributed by atoms with Gasteiger partial charge in [-0.15, -0.1) is 10.2 Å². The van der Waals surface area contributed by atoms with Crippen LogP contribution < -0.4 is 5.73 Å². The van der Waals surface area contributed by atoms with Crippen molar-refractivity contribution in [3.8, 4) is 22.5 Å². The van der Waals surface area contributed by atoms with Crippen LogP contribution in [-0.4, -0.2) is 47.2 Å². The molecule has 0 fully saturated rings. The highest BCUT2D eigenvalue weighted by atomic mass is 35.5. The smallest absolute Gasteiger partial charge is 0.323 e. The van der Waals surface area contributed by atoms with Gasteiger partial charge < -0.3 is 20.0 Å². The number of hydrogen-bond acceptors (Lipinski definition) is 7. The number of hydrogen-bond donors (Lipinski definition) is 3. The van der Waals surface area contributed by atoms with E-state index in [1.807, 2.05) is 54.7 Å². The van der Waals surface area contributed by atoms with Crippen LogP contribution in [-0.2, 0) is 35.5 Å². The first-order chi connectivity index (χ1) is 21.5. The average molecular weight is 609 g/mol. The molecule has 224 valence electrons. The third kappa shape index (κ3) is 6.27. The van der Waals surface area contributed by atoms with Gasteiger partial charge in [-0.1, -0.05) is 91.7 Å². The van der Waals surface area contributed by atoms with Crippen LogP contribution in [0.3, 0.4) is 0 Å². The number of aryl methyl sites for hydroxylation is 1. The molecule has 0 saturated heterocycles. The van der Waals surface area contributed by atoms with E-state index in [1.165, 1.54) is 0 Å². The number of imidazole rings is 1. The molecule has 0 bridgehead atoms. The van der Waals surface area contributed by atoms with Crippen LogP contribution in [0.1, 0.15) is 42.4 Å². The van der Waals surface area contributed by atoms with Crippen molar-refractivity contribution < 1.29 is 9.53 Å². The minimum absolute atomic E-state index is 0.0193. The Morgan fingerprint density at radius 2 is 1.82 bits per heavy atom. The number of nitrogens with zero attached hydrogens (tertiary/aromatic N) is 5. The number of esters is 1. The standard InChI is InChI=1S/C33H33ClN8O2/c1-2-3-12-30-37-31(34)29(20-44-33(43)27(35)17-23-18-36-28-11-7-6-9-25(23)28)42(30)19-21-13-15-22(16-14-21)24-8-4-5-10-26(24)32-38-40-41-39-32/h4-11,13-16,18,27,36H,2-3,12,17,19-20,35H2,1H3,(H,38,39,40,41). The summed E-state index contributed by atoms with van der Waals surface area (Å²) in [6.45, 7) is 2.64. The number of aromatic nitrogens is 7. The zero-order valence-electron chi connectivity index (χ0n) is 24.3. The number of unbranched alkanes of at least 4 members (excludes halogenated alkanes) is 1. The second kappa shape index (κ2) is 13.2. The fraction of sp³-hybridized carbons (Fsp3) is 0.242. The lowest BCUT2D eigenvalue weighted by Gasteiger charge is -2.15. The van der Waals surface area contributed by atoms with Gasteiger partial charge in [0.1, 0.15) is 18.5 Å². The van der Waals surface area contributed by atoms with Gasteiger partial charge in [0, 0.05) is 42.0 Å². The number of tetrazole rings is 1. The van der Waals surface area contributed by atoms with Gasteiger partial charge in [0.15, 0.2) is 5.15 Å². The predicted molar refractivity (Wildman–Crippen MR) is 170 cm³/mol. The van der Waals surface area contributed by atoms with Crippen LogP contribution in [0.5, 0.6) is 0 Å². The molecule has 1 atom stereocenters. The molecular formula is C33H33ClN8O2. The zero-order valence-corrected chi connectivity index (χ0v) is 25.1. The van der Waals surface area contributed by atoms with E-state index in [4.69, 9.17) is 22.1 Å². The number of benzene rings is 3. The van der Waals surface area contributed by atoms with Crippen molar-refractivity contribution in [2.24, 2.45) is 5.73 Å². The van der Waals surface area contributed by atoms with E-state index in [9.17, 15) is 4.79 Å². The van der Waals surface area contributed by atoms with Crippen molar-refractivity contribution in [3.05, 3.63) is 107 Å². The Bertz CT molecular complexity index is 1860. The van der Waals surface area contributed by atoms with Gasteiger partial charge in [-0.2, -0.15) is 5.21 Å². The van der Waals surface area contributed by atoms with Gasteiger partial charge in [0.05, 0.1) is 5.69 Å². The highest BCUT2D eigenvalue weighted by molar-refractivity contribution is 6.30. The molecule has 0 spiro atoms. The fourth-order valence-electron chi connectivity index (χ4n) is 5.40. The largest absolute Gasteiger partial charge is 0.458 e. The second-order valence-corrected chi connectivity index (χ2v) is 11.1. The van der Waals surface area contributed by atoms with Crippen molar-refractivity contribution in [2.75, 3.05) is 0 Å². The normalized spacial score (nSPS) is 12.1. The Balaban J connectivity index is 1.19. The first-order valence-electron chi connectivity index (χ1n) is 14.6. The topological polar surface area (TPSA) is 140 Å². The van der Waals surface area contributed by atoms with Gasteiger partial charge in [0.2, 0.25) is 5.82 Å². The SMILES string of the molecule is CCCCc1nc(Cl)c(COC(=O)C(N)Cc2c[nH]c3ccccc23)n1Cc1ccc(-c2ccccc2-c2nn[nH]n2)cc1. The molecule has 0 aliphatic heterocycles. The summed E-state index contributed by atoms with van der Waals surface area (Å²) in [4.78, 5) is 20.8. The summed E-state index contributed by atoms with van der Waals surface area (Å²) in [5, 5.41) is 15.9. The molecule has 11 heteroatoms. The molecule has 1 unspecified atom stereocenters. The summed E-state index contributed by atoms with van der Waals surface area (Å²) in [7, 11) is 0. The third-order valence-electron chi connectivity index (χ3n) is 7.74. The molecule has 3 aromatic heterocycles. The number of fused-ring (bicyclic) bond motifs is 1. The van der Waals surface area contributed by atoms with E-state index in [0.717, 1.165) is 63.8 Å². The summed E-state index contributed by atoms with van der Waals surface area (Å²) in [5.41, 5.74) is 12.9.